The van der Waals surface area contributed by atoms with Crippen LogP contribution in [0.4, 0.5) is 0 Å². The summed E-state index contributed by atoms with van der Waals surface area (Å²) in [5, 5.41) is 16.7. The molecule has 0 fully saturated rings. The number of carboxylic acids is 1. The zero-order valence-corrected chi connectivity index (χ0v) is 8.85. The van der Waals surface area contributed by atoms with E-state index in [1.165, 1.54) is 0 Å². The van der Waals surface area contributed by atoms with Gasteiger partial charge < -0.3 is 9.67 Å². The molecule has 0 spiro atoms. The Morgan fingerprint density at radius 3 is 2.36 bits per heavy atom. The molecule has 14 heavy (non-hydrogen) atoms. The Morgan fingerprint density at radius 2 is 2.00 bits per heavy atom. The van der Waals surface area contributed by atoms with Gasteiger partial charge in [0.2, 0.25) is 0 Å². The second kappa shape index (κ2) is 3.77. The Labute approximate surface area is 82.8 Å². The van der Waals surface area contributed by atoms with Gasteiger partial charge in [-0.25, -0.2) is 0 Å². The lowest BCUT2D eigenvalue weighted by Gasteiger charge is -2.14. The minimum Gasteiger partial charge on any atom is -0.481 e. The maximum absolute atomic E-state index is 10.8. The highest BCUT2D eigenvalue weighted by Gasteiger charge is 2.24. The van der Waals surface area contributed by atoms with Crippen LogP contribution in [0.1, 0.15) is 31.4 Å². The SMILES string of the molecule is Cc1nnc(C(C)C(C)C(=O)O)n1C. The first-order chi connectivity index (χ1) is 6.45. The van der Waals surface area contributed by atoms with E-state index in [-0.39, 0.29) is 5.92 Å². The molecule has 0 saturated heterocycles. The molecule has 0 aliphatic carbocycles. The number of hydrogen-bond acceptors (Lipinski definition) is 3. The Balaban J connectivity index is 2.94. The summed E-state index contributed by atoms with van der Waals surface area (Å²) >= 11 is 0. The van der Waals surface area contributed by atoms with Crippen LogP contribution in [0.2, 0.25) is 0 Å². The Hall–Kier alpha value is -1.39. The molecule has 0 radical (unpaired) electrons. The summed E-state index contributed by atoms with van der Waals surface area (Å²) in [6, 6.07) is 0. The zero-order chi connectivity index (χ0) is 10.9. The summed E-state index contributed by atoms with van der Waals surface area (Å²) in [7, 11) is 1.84. The molecule has 78 valence electrons. The lowest BCUT2D eigenvalue weighted by atomic mass is 9.95. The molecular formula is C9H15N3O2. The molecule has 0 saturated carbocycles. The number of carboxylic acid groups (broad SMARTS) is 1. The van der Waals surface area contributed by atoms with Crippen molar-refractivity contribution in [2.75, 3.05) is 0 Å². The van der Waals surface area contributed by atoms with E-state index >= 15 is 0 Å². The maximum atomic E-state index is 10.8. The smallest absolute Gasteiger partial charge is 0.306 e. The van der Waals surface area contributed by atoms with Crippen molar-refractivity contribution >= 4 is 5.97 Å². The molecule has 0 aliphatic heterocycles. The minimum atomic E-state index is -0.807. The van der Waals surface area contributed by atoms with E-state index in [2.05, 4.69) is 10.2 Å². The zero-order valence-electron chi connectivity index (χ0n) is 8.85. The average Bonchev–Trinajstić information content (AvgIpc) is 2.45. The highest BCUT2D eigenvalue weighted by atomic mass is 16.4. The van der Waals surface area contributed by atoms with Crippen molar-refractivity contribution in [1.29, 1.82) is 0 Å². The van der Waals surface area contributed by atoms with E-state index in [1.807, 2.05) is 25.5 Å². The molecule has 1 rings (SSSR count). The van der Waals surface area contributed by atoms with Crippen LogP contribution in [-0.2, 0) is 11.8 Å². The molecular weight excluding hydrogens is 182 g/mol. The van der Waals surface area contributed by atoms with E-state index in [9.17, 15) is 4.79 Å². The van der Waals surface area contributed by atoms with Gasteiger partial charge in [-0.1, -0.05) is 13.8 Å². The Kier molecular flexibility index (Phi) is 2.88. The van der Waals surface area contributed by atoms with Crippen LogP contribution in [0.3, 0.4) is 0 Å². The fourth-order valence-electron chi connectivity index (χ4n) is 1.26. The number of nitrogens with zero attached hydrogens (tertiary/aromatic N) is 3. The van der Waals surface area contributed by atoms with Gasteiger partial charge in [-0.3, -0.25) is 4.79 Å². The van der Waals surface area contributed by atoms with E-state index in [0.717, 1.165) is 11.6 Å². The number of rotatable bonds is 3. The molecule has 0 aromatic carbocycles. The second-order valence-corrected chi connectivity index (χ2v) is 3.58. The van der Waals surface area contributed by atoms with E-state index in [0.29, 0.717) is 0 Å². The Bertz CT molecular complexity index is 346. The van der Waals surface area contributed by atoms with E-state index in [1.54, 1.807) is 6.92 Å². The van der Waals surface area contributed by atoms with Crippen molar-refractivity contribution in [2.24, 2.45) is 13.0 Å². The third kappa shape index (κ3) is 1.76. The van der Waals surface area contributed by atoms with Crippen molar-refractivity contribution in [3.05, 3.63) is 11.6 Å². The van der Waals surface area contributed by atoms with E-state index < -0.39 is 11.9 Å². The monoisotopic (exact) mass is 197 g/mol. The summed E-state index contributed by atoms with van der Waals surface area (Å²) in [5.41, 5.74) is 0. The number of carbonyl (C=O) groups is 1. The largest absolute Gasteiger partial charge is 0.481 e. The molecule has 0 amide bonds. The van der Waals surface area contributed by atoms with Gasteiger partial charge in [-0.2, -0.15) is 0 Å². The van der Waals surface area contributed by atoms with E-state index in [4.69, 9.17) is 5.11 Å². The first kappa shape index (κ1) is 10.7. The van der Waals surface area contributed by atoms with Crippen molar-refractivity contribution in [3.63, 3.8) is 0 Å². The Morgan fingerprint density at radius 1 is 1.43 bits per heavy atom. The summed E-state index contributed by atoms with van der Waals surface area (Å²) in [4.78, 5) is 10.8. The summed E-state index contributed by atoms with van der Waals surface area (Å²) in [5.74, 6) is 0.135. The highest BCUT2D eigenvalue weighted by Crippen LogP contribution is 2.22. The molecule has 5 heteroatoms. The molecule has 2 atom stereocenters. The van der Waals surface area contributed by atoms with Gasteiger partial charge in [0.25, 0.3) is 0 Å². The number of aryl methyl sites for hydroxylation is 1. The van der Waals surface area contributed by atoms with Crippen LogP contribution in [0.5, 0.6) is 0 Å². The third-order valence-corrected chi connectivity index (χ3v) is 2.67. The van der Waals surface area contributed by atoms with Crippen molar-refractivity contribution in [3.8, 4) is 0 Å². The summed E-state index contributed by atoms with van der Waals surface area (Å²) < 4.78 is 1.82. The first-order valence-electron chi connectivity index (χ1n) is 4.53. The van der Waals surface area contributed by atoms with Gasteiger partial charge in [-0.15, -0.1) is 10.2 Å². The number of hydrogen-bond donors (Lipinski definition) is 1. The summed E-state index contributed by atoms with van der Waals surface area (Å²) in [6.45, 7) is 5.37. The number of aliphatic carboxylic acids is 1. The molecule has 0 bridgehead atoms. The predicted octanol–water partition coefficient (Wildman–Crippen LogP) is 0.948. The third-order valence-electron chi connectivity index (χ3n) is 2.67. The van der Waals surface area contributed by atoms with Gasteiger partial charge in [0.1, 0.15) is 11.6 Å². The number of aromatic nitrogens is 3. The van der Waals surface area contributed by atoms with Crippen LogP contribution in [0.25, 0.3) is 0 Å². The van der Waals surface area contributed by atoms with Crippen molar-refractivity contribution in [2.45, 2.75) is 26.7 Å². The molecule has 1 aromatic heterocycles. The average molecular weight is 197 g/mol. The van der Waals surface area contributed by atoms with Crippen LogP contribution in [0, 0.1) is 12.8 Å². The lowest BCUT2D eigenvalue weighted by Crippen LogP contribution is -2.19. The molecule has 1 N–H and O–H groups in total. The quantitative estimate of drug-likeness (QED) is 0.783. The predicted molar refractivity (Wildman–Crippen MR) is 51.0 cm³/mol. The molecule has 1 heterocycles. The lowest BCUT2D eigenvalue weighted by molar-refractivity contribution is -0.141. The van der Waals surface area contributed by atoms with Gasteiger partial charge >= 0.3 is 5.97 Å². The molecule has 1 aromatic rings. The first-order valence-corrected chi connectivity index (χ1v) is 4.53. The highest BCUT2D eigenvalue weighted by molar-refractivity contribution is 5.70. The topological polar surface area (TPSA) is 68.0 Å². The van der Waals surface area contributed by atoms with Gasteiger partial charge in [-0.05, 0) is 6.92 Å². The molecule has 0 aliphatic rings. The molecule has 2 unspecified atom stereocenters. The van der Waals surface area contributed by atoms with Gasteiger partial charge in [0, 0.05) is 13.0 Å². The van der Waals surface area contributed by atoms with Crippen LogP contribution in [-0.4, -0.2) is 25.8 Å². The molecule has 5 nitrogen and oxygen atoms in total. The fourth-order valence-corrected chi connectivity index (χ4v) is 1.26. The van der Waals surface area contributed by atoms with Gasteiger partial charge in [0.05, 0.1) is 5.92 Å². The van der Waals surface area contributed by atoms with Crippen LogP contribution < -0.4 is 0 Å². The standard InChI is InChI=1S/C9H15N3O2/c1-5(6(2)9(13)14)8-11-10-7(3)12(8)4/h5-6H,1-4H3,(H,13,14). The normalized spacial score (nSPS) is 15.1. The fraction of sp³-hybridized carbons (Fsp3) is 0.667. The van der Waals surface area contributed by atoms with Crippen LogP contribution in [0.15, 0.2) is 0 Å². The summed E-state index contributed by atoms with van der Waals surface area (Å²) in [6.07, 6.45) is 0. The van der Waals surface area contributed by atoms with Crippen LogP contribution >= 0.6 is 0 Å². The van der Waals surface area contributed by atoms with Crippen molar-refractivity contribution < 1.29 is 9.90 Å². The van der Waals surface area contributed by atoms with Gasteiger partial charge in [0.15, 0.2) is 0 Å². The van der Waals surface area contributed by atoms with Crippen molar-refractivity contribution in [1.82, 2.24) is 14.8 Å². The second-order valence-electron chi connectivity index (χ2n) is 3.58. The minimum absolute atomic E-state index is 0.126. The maximum Gasteiger partial charge on any atom is 0.306 e.